The van der Waals surface area contributed by atoms with Crippen molar-refractivity contribution in [3.63, 3.8) is 0 Å². The molecule has 2 N–H and O–H groups in total. The molecular weight excluding hydrogens is 282 g/mol. The molecule has 0 heterocycles. The van der Waals surface area contributed by atoms with Crippen molar-refractivity contribution in [1.29, 1.82) is 0 Å². The molecule has 0 aromatic heterocycles. The summed E-state index contributed by atoms with van der Waals surface area (Å²) >= 11 is 1.81. The third-order valence-electron chi connectivity index (χ3n) is 3.05. The number of hydrogen-bond donors (Lipinski definition) is 1. The first-order valence-corrected chi connectivity index (χ1v) is 7.99. The highest BCUT2D eigenvalue weighted by Gasteiger charge is 2.01. The number of hydrogen-bond acceptors (Lipinski definition) is 4. The van der Waals surface area contributed by atoms with Gasteiger partial charge in [-0.25, -0.2) is 0 Å². The molecule has 0 unspecified atom stereocenters. The van der Waals surface area contributed by atoms with Crippen LogP contribution in [0.3, 0.4) is 0 Å². The second-order valence-corrected chi connectivity index (χ2v) is 5.71. The van der Waals surface area contributed by atoms with E-state index in [-0.39, 0.29) is 0 Å². The van der Waals surface area contributed by atoms with Crippen molar-refractivity contribution in [3.05, 3.63) is 54.1 Å². The van der Waals surface area contributed by atoms with Crippen molar-refractivity contribution in [2.24, 2.45) is 5.73 Å². The van der Waals surface area contributed by atoms with Crippen LogP contribution in [-0.2, 0) is 6.54 Å². The molecule has 0 saturated heterocycles. The van der Waals surface area contributed by atoms with Crippen LogP contribution >= 0.6 is 11.8 Å². The predicted octanol–water partition coefficient (Wildman–Crippen LogP) is 3.72. The molecule has 4 heteroatoms. The van der Waals surface area contributed by atoms with E-state index in [0.29, 0.717) is 13.2 Å². The van der Waals surface area contributed by atoms with Crippen LogP contribution in [0.25, 0.3) is 0 Å². The highest BCUT2D eigenvalue weighted by atomic mass is 32.2. The lowest BCUT2D eigenvalue weighted by Gasteiger charge is -2.10. The molecular formula is C17H21NO2S. The smallest absolute Gasteiger partial charge is 0.123 e. The summed E-state index contributed by atoms with van der Waals surface area (Å²) in [7, 11) is 1.69. The third kappa shape index (κ3) is 4.99. The quantitative estimate of drug-likeness (QED) is 0.596. The van der Waals surface area contributed by atoms with E-state index in [9.17, 15) is 0 Å². The van der Waals surface area contributed by atoms with E-state index in [2.05, 4.69) is 12.1 Å². The summed E-state index contributed by atoms with van der Waals surface area (Å²) < 4.78 is 11.0. The van der Waals surface area contributed by atoms with E-state index in [0.717, 1.165) is 29.2 Å². The second kappa shape index (κ2) is 8.60. The van der Waals surface area contributed by atoms with Crippen molar-refractivity contribution in [2.75, 3.05) is 19.5 Å². The zero-order valence-electron chi connectivity index (χ0n) is 12.2. The molecule has 0 aliphatic heterocycles. The number of nitrogens with two attached hydrogens (primary N) is 1. The molecule has 2 rings (SSSR count). The van der Waals surface area contributed by atoms with Crippen LogP contribution in [0.4, 0.5) is 0 Å². The highest BCUT2D eigenvalue weighted by molar-refractivity contribution is 7.99. The van der Waals surface area contributed by atoms with Crippen LogP contribution in [0.5, 0.6) is 11.5 Å². The largest absolute Gasteiger partial charge is 0.497 e. The van der Waals surface area contributed by atoms with Gasteiger partial charge < -0.3 is 15.2 Å². The molecule has 0 aliphatic rings. The summed E-state index contributed by atoms with van der Waals surface area (Å²) in [4.78, 5) is 1.22. The van der Waals surface area contributed by atoms with Gasteiger partial charge in [-0.2, -0.15) is 0 Å². The van der Waals surface area contributed by atoms with Crippen molar-refractivity contribution in [3.8, 4) is 11.5 Å². The summed E-state index contributed by atoms with van der Waals surface area (Å²) in [6.07, 6.45) is 0.987. The monoisotopic (exact) mass is 303 g/mol. The first-order valence-electron chi connectivity index (χ1n) is 7.01. The Morgan fingerprint density at radius 1 is 1.10 bits per heavy atom. The van der Waals surface area contributed by atoms with E-state index in [1.807, 2.05) is 48.2 Å². The Morgan fingerprint density at radius 3 is 2.76 bits per heavy atom. The molecule has 2 aromatic rings. The summed E-state index contributed by atoms with van der Waals surface area (Å²) in [5.41, 5.74) is 6.74. The average molecular weight is 303 g/mol. The fourth-order valence-electron chi connectivity index (χ4n) is 1.94. The van der Waals surface area contributed by atoms with E-state index in [1.54, 1.807) is 7.11 Å². The molecule has 21 heavy (non-hydrogen) atoms. The average Bonchev–Trinajstić information content (AvgIpc) is 2.55. The lowest BCUT2D eigenvalue weighted by Crippen LogP contribution is -2.04. The Hall–Kier alpha value is -1.65. The van der Waals surface area contributed by atoms with Crippen LogP contribution in [-0.4, -0.2) is 19.5 Å². The summed E-state index contributed by atoms with van der Waals surface area (Å²) in [6, 6.07) is 16.0. The number of benzene rings is 2. The molecule has 112 valence electrons. The van der Waals surface area contributed by atoms with Gasteiger partial charge in [0.05, 0.1) is 13.7 Å². The van der Waals surface area contributed by atoms with Crippen molar-refractivity contribution < 1.29 is 9.47 Å². The lowest BCUT2D eigenvalue weighted by molar-refractivity contribution is 0.315. The van der Waals surface area contributed by atoms with Gasteiger partial charge in [-0.05, 0) is 30.7 Å². The second-order valence-electron chi connectivity index (χ2n) is 4.54. The maximum absolute atomic E-state index is 5.79. The van der Waals surface area contributed by atoms with E-state index in [4.69, 9.17) is 15.2 Å². The van der Waals surface area contributed by atoms with Crippen LogP contribution < -0.4 is 15.2 Å². The first-order chi connectivity index (χ1) is 10.3. The molecule has 2 aromatic carbocycles. The van der Waals surface area contributed by atoms with E-state index in [1.165, 1.54) is 4.90 Å². The Labute approximate surface area is 130 Å². The minimum atomic E-state index is 0.509. The van der Waals surface area contributed by atoms with E-state index < -0.39 is 0 Å². The van der Waals surface area contributed by atoms with Crippen LogP contribution in [0.15, 0.2) is 53.4 Å². The Morgan fingerprint density at radius 2 is 1.95 bits per heavy atom. The minimum Gasteiger partial charge on any atom is -0.497 e. The third-order valence-corrected chi connectivity index (χ3v) is 4.13. The molecule has 0 aliphatic carbocycles. The highest BCUT2D eigenvalue weighted by Crippen LogP contribution is 2.23. The maximum Gasteiger partial charge on any atom is 0.123 e. The van der Waals surface area contributed by atoms with Crippen molar-refractivity contribution >= 4 is 11.8 Å². The zero-order valence-corrected chi connectivity index (χ0v) is 13.1. The van der Waals surface area contributed by atoms with Crippen molar-refractivity contribution in [2.45, 2.75) is 17.9 Å². The maximum atomic E-state index is 5.79. The molecule has 0 atom stereocenters. The predicted molar refractivity (Wildman–Crippen MR) is 88.2 cm³/mol. The zero-order chi connectivity index (χ0) is 14.9. The minimum absolute atomic E-state index is 0.509. The molecule has 0 spiro atoms. The van der Waals surface area contributed by atoms with Gasteiger partial charge >= 0.3 is 0 Å². The fourth-order valence-corrected chi connectivity index (χ4v) is 2.81. The molecule has 0 bridgehead atoms. The summed E-state index contributed by atoms with van der Waals surface area (Å²) in [6.45, 7) is 1.21. The molecule has 3 nitrogen and oxygen atoms in total. The van der Waals surface area contributed by atoms with Gasteiger partial charge in [-0.3, -0.25) is 0 Å². The number of para-hydroxylation sites is 1. The Bertz CT molecular complexity index is 560. The Balaban J connectivity index is 1.72. The molecule has 0 radical (unpaired) electrons. The van der Waals surface area contributed by atoms with Crippen molar-refractivity contribution in [1.82, 2.24) is 0 Å². The SMILES string of the molecule is COc1cccc(SCCCOc2ccccc2CN)c1. The van der Waals surface area contributed by atoms with Gasteiger partial charge in [0.25, 0.3) is 0 Å². The number of thioether (sulfide) groups is 1. The van der Waals surface area contributed by atoms with Crippen LogP contribution in [0, 0.1) is 0 Å². The standard InChI is InChI=1S/C17H21NO2S/c1-19-15-7-4-8-16(12-15)21-11-5-10-20-17-9-3-2-6-14(17)13-18/h2-4,6-9,12H,5,10-11,13,18H2,1H3. The normalized spacial score (nSPS) is 10.4. The van der Waals surface area contributed by atoms with Gasteiger partial charge in [0.2, 0.25) is 0 Å². The summed E-state index contributed by atoms with van der Waals surface area (Å²) in [5.74, 6) is 2.80. The summed E-state index contributed by atoms with van der Waals surface area (Å²) in [5, 5.41) is 0. The Kier molecular flexibility index (Phi) is 6.44. The van der Waals surface area contributed by atoms with Gasteiger partial charge in [0.15, 0.2) is 0 Å². The molecule has 0 amide bonds. The number of ether oxygens (including phenoxy) is 2. The molecule has 0 fully saturated rings. The van der Waals surface area contributed by atoms with E-state index >= 15 is 0 Å². The molecule has 0 saturated carbocycles. The van der Waals surface area contributed by atoms with Gasteiger partial charge in [-0.1, -0.05) is 24.3 Å². The lowest BCUT2D eigenvalue weighted by atomic mass is 10.2. The topological polar surface area (TPSA) is 44.5 Å². The fraction of sp³-hybridized carbons (Fsp3) is 0.294. The van der Waals surface area contributed by atoms with Gasteiger partial charge in [0, 0.05) is 22.8 Å². The van der Waals surface area contributed by atoms with Crippen LogP contribution in [0.1, 0.15) is 12.0 Å². The number of methoxy groups -OCH3 is 1. The van der Waals surface area contributed by atoms with Gasteiger partial charge in [-0.15, -0.1) is 11.8 Å². The first kappa shape index (κ1) is 15.7. The van der Waals surface area contributed by atoms with Crippen LogP contribution in [0.2, 0.25) is 0 Å². The number of rotatable bonds is 8. The van der Waals surface area contributed by atoms with Gasteiger partial charge in [0.1, 0.15) is 11.5 Å².